The number of benzene rings is 1. The highest BCUT2D eigenvalue weighted by atomic mass is 16.6. The second-order valence-corrected chi connectivity index (χ2v) is 9.09. The van der Waals surface area contributed by atoms with Gasteiger partial charge in [0.25, 0.3) is 11.4 Å². The average molecular weight is 613 g/mol. The summed E-state index contributed by atoms with van der Waals surface area (Å²) in [5.74, 6) is -4.19. The number of non-ortho nitro benzene ring substituents is 1. The van der Waals surface area contributed by atoms with Crippen molar-refractivity contribution in [2.24, 2.45) is 11.5 Å². The Morgan fingerprint density at radius 2 is 1.53 bits per heavy atom. The molecule has 0 aliphatic rings. The van der Waals surface area contributed by atoms with Crippen molar-refractivity contribution in [2.45, 2.75) is 50.2 Å². The molecule has 0 saturated carbocycles. The molecule has 0 radical (unpaired) electrons. The highest BCUT2D eigenvalue weighted by Gasteiger charge is 2.29. The number of carboxylic acid groups (broad SMARTS) is 1. The van der Waals surface area contributed by atoms with E-state index >= 15 is 0 Å². The Hall–Kier alpha value is -5.11. The molecule has 1 rings (SSSR count). The van der Waals surface area contributed by atoms with Crippen molar-refractivity contribution >= 4 is 46.7 Å². The van der Waals surface area contributed by atoms with Crippen LogP contribution in [0.1, 0.15) is 32.1 Å². The lowest BCUT2D eigenvalue weighted by atomic mass is 10.1. The molecule has 0 unspecified atom stereocenters. The third kappa shape index (κ3) is 12.9. The Bertz CT molecular complexity index is 1180. The van der Waals surface area contributed by atoms with Crippen LogP contribution in [0.15, 0.2) is 18.2 Å². The Balaban J connectivity index is 2.93. The fraction of sp³-hybridized carbons (Fsp3) is 0.522. The number of carboxylic acids is 1. The van der Waals surface area contributed by atoms with Crippen LogP contribution >= 0.6 is 0 Å². The van der Waals surface area contributed by atoms with Crippen molar-refractivity contribution in [1.29, 1.82) is 5.41 Å². The minimum Gasteiger partial charge on any atom is -0.480 e. The summed E-state index contributed by atoms with van der Waals surface area (Å²) in [5, 5.41) is 60.6. The zero-order chi connectivity index (χ0) is 32.5. The third-order valence-corrected chi connectivity index (χ3v) is 5.88. The number of aliphatic carboxylic acids is 1. The van der Waals surface area contributed by atoms with E-state index in [0.29, 0.717) is 6.42 Å². The number of amides is 3. The summed E-state index contributed by atoms with van der Waals surface area (Å²) in [5.41, 5.74) is 9.47. The normalized spacial score (nSPS) is 12.6. The van der Waals surface area contributed by atoms with Crippen molar-refractivity contribution in [3.05, 3.63) is 38.4 Å². The van der Waals surface area contributed by atoms with Crippen LogP contribution < -0.4 is 38.1 Å². The number of nitrogens with two attached hydrogens (primary N) is 2. The largest absolute Gasteiger partial charge is 0.480 e. The Kier molecular flexibility index (Phi) is 15.3. The minimum absolute atomic E-state index is 0.0307. The average Bonchev–Trinajstić information content (AvgIpc) is 2.95. The number of nitrogens with zero attached hydrogens (tertiary/aromatic N) is 2. The van der Waals surface area contributed by atoms with Crippen molar-refractivity contribution in [3.8, 4) is 0 Å². The van der Waals surface area contributed by atoms with Gasteiger partial charge in [0.2, 0.25) is 17.7 Å². The van der Waals surface area contributed by atoms with E-state index in [1.807, 2.05) is 0 Å². The number of hydrogen-bond donors (Lipinski definition) is 10. The van der Waals surface area contributed by atoms with Crippen molar-refractivity contribution in [1.82, 2.24) is 21.3 Å². The monoisotopic (exact) mass is 612 g/mol. The number of anilines is 1. The van der Waals surface area contributed by atoms with Crippen LogP contribution in [0, 0.1) is 25.6 Å². The Labute approximate surface area is 244 Å². The molecule has 0 aromatic heterocycles. The van der Waals surface area contributed by atoms with Crippen molar-refractivity contribution in [2.75, 3.05) is 31.6 Å². The summed E-state index contributed by atoms with van der Waals surface area (Å²) >= 11 is 0. The quantitative estimate of drug-likeness (QED) is 0.0246. The first-order chi connectivity index (χ1) is 20.3. The number of carbonyl (C=O) groups is 4. The summed E-state index contributed by atoms with van der Waals surface area (Å²) in [4.78, 5) is 69.7. The van der Waals surface area contributed by atoms with Gasteiger partial charge in [0, 0.05) is 19.2 Å². The van der Waals surface area contributed by atoms with E-state index in [9.17, 15) is 49.6 Å². The smallest absolute Gasteiger partial charge is 0.326 e. The summed E-state index contributed by atoms with van der Waals surface area (Å²) in [6, 6.07) is -0.994. The number of aliphatic hydroxyl groups excluding tert-OH is 1. The molecule has 0 spiro atoms. The van der Waals surface area contributed by atoms with E-state index in [1.54, 1.807) is 0 Å². The molecule has 12 N–H and O–H groups in total. The van der Waals surface area contributed by atoms with Gasteiger partial charge in [0.1, 0.15) is 23.8 Å². The maximum Gasteiger partial charge on any atom is 0.326 e. The molecule has 43 heavy (non-hydrogen) atoms. The molecule has 238 valence electrons. The van der Waals surface area contributed by atoms with E-state index in [-0.39, 0.29) is 50.4 Å². The first-order valence-corrected chi connectivity index (χ1v) is 13.0. The first kappa shape index (κ1) is 35.9. The van der Waals surface area contributed by atoms with Gasteiger partial charge in [-0.3, -0.25) is 40.0 Å². The molecule has 1 aromatic rings. The summed E-state index contributed by atoms with van der Waals surface area (Å²) in [7, 11) is 0. The van der Waals surface area contributed by atoms with E-state index < -0.39 is 76.2 Å². The molecule has 0 heterocycles. The van der Waals surface area contributed by atoms with E-state index in [1.165, 1.54) is 6.07 Å². The summed E-state index contributed by atoms with van der Waals surface area (Å²) in [6.45, 7) is -0.973. The number of nitro benzene ring substituents is 2. The van der Waals surface area contributed by atoms with Crippen molar-refractivity contribution in [3.63, 3.8) is 0 Å². The lowest BCUT2D eigenvalue weighted by molar-refractivity contribution is -0.393. The molecule has 3 atom stereocenters. The Morgan fingerprint density at radius 1 is 0.907 bits per heavy atom. The second-order valence-electron chi connectivity index (χ2n) is 9.09. The highest BCUT2D eigenvalue weighted by Crippen LogP contribution is 2.28. The second kappa shape index (κ2) is 18.3. The molecule has 20 heteroatoms. The van der Waals surface area contributed by atoms with Crippen molar-refractivity contribution < 1.29 is 39.2 Å². The predicted octanol–water partition coefficient (Wildman–Crippen LogP) is -2.16. The SMILES string of the molecule is N=C(N)NCCC[C@@H](NC(=O)[C@H](CCCCNc1ccc([N+](=O)[O-])cc1[N+](=O)[O-])NC(=O)[C@H](CO)NC(=O)CN)C(=O)O. The minimum atomic E-state index is -1.44. The fourth-order valence-corrected chi connectivity index (χ4v) is 3.68. The van der Waals surface area contributed by atoms with Gasteiger partial charge in [-0.1, -0.05) is 0 Å². The van der Waals surface area contributed by atoms with Gasteiger partial charge >= 0.3 is 5.97 Å². The lowest BCUT2D eigenvalue weighted by Gasteiger charge is -2.24. The number of rotatable bonds is 20. The van der Waals surface area contributed by atoms with E-state index in [2.05, 4.69) is 26.6 Å². The van der Waals surface area contributed by atoms with Crippen LogP contribution in [0.2, 0.25) is 0 Å². The molecule has 20 nitrogen and oxygen atoms in total. The summed E-state index contributed by atoms with van der Waals surface area (Å²) < 4.78 is 0. The predicted molar refractivity (Wildman–Crippen MR) is 151 cm³/mol. The van der Waals surface area contributed by atoms with Crippen LogP contribution in [-0.2, 0) is 19.2 Å². The fourth-order valence-electron chi connectivity index (χ4n) is 3.68. The molecule has 0 saturated heterocycles. The lowest BCUT2D eigenvalue weighted by Crippen LogP contribution is -2.57. The standard InChI is InChI=1S/C23H36N10O10/c24-11-19(35)29-17(12-34)21(37)30-15(20(36)31-16(22(38)39)5-3-9-28-23(25)26)4-1-2-8-27-14-7-6-13(32(40)41)10-18(14)33(42)43/h6-7,10,15-17,27,34H,1-5,8-9,11-12,24H2,(H,29,35)(H,30,37)(H,31,36)(H,38,39)(H4,25,26,28)/t15-,16+,17-/m0/s1. The zero-order valence-electron chi connectivity index (χ0n) is 23.0. The molecule has 3 amide bonds. The maximum atomic E-state index is 13.0. The topological polar surface area (TPSA) is 331 Å². The zero-order valence-corrected chi connectivity index (χ0v) is 23.0. The number of unbranched alkanes of at least 4 members (excludes halogenated alkanes) is 1. The van der Waals surface area contributed by atoms with Gasteiger partial charge in [-0.25, -0.2) is 4.79 Å². The number of guanidine groups is 1. The number of aliphatic hydroxyl groups is 1. The van der Waals surface area contributed by atoms with E-state index in [0.717, 1.165) is 12.1 Å². The van der Waals surface area contributed by atoms with E-state index in [4.69, 9.17) is 16.9 Å². The number of hydrogen-bond acceptors (Lipinski definition) is 12. The highest BCUT2D eigenvalue weighted by molar-refractivity contribution is 5.93. The van der Waals surface area contributed by atoms with Crippen LogP contribution in [0.5, 0.6) is 0 Å². The molecule has 1 aromatic carbocycles. The van der Waals surface area contributed by atoms with Gasteiger partial charge < -0.3 is 48.3 Å². The van der Waals surface area contributed by atoms with Gasteiger partial charge in [-0.05, 0) is 38.2 Å². The number of nitro groups is 2. The number of nitrogens with one attached hydrogen (secondary N) is 6. The Morgan fingerprint density at radius 3 is 2.09 bits per heavy atom. The molecule has 0 aliphatic heterocycles. The van der Waals surface area contributed by atoms with Crippen LogP contribution in [0.3, 0.4) is 0 Å². The van der Waals surface area contributed by atoms with Crippen LogP contribution in [-0.4, -0.2) is 94.1 Å². The molecular weight excluding hydrogens is 576 g/mol. The summed E-state index contributed by atoms with van der Waals surface area (Å²) in [6.07, 6.45) is 0.673. The van der Waals surface area contributed by atoms with Gasteiger partial charge in [-0.2, -0.15) is 0 Å². The molecule has 0 bridgehead atoms. The molecule has 0 aliphatic carbocycles. The van der Waals surface area contributed by atoms with Crippen LogP contribution in [0.4, 0.5) is 17.1 Å². The molecule has 0 fully saturated rings. The van der Waals surface area contributed by atoms with Crippen LogP contribution in [0.25, 0.3) is 0 Å². The number of carbonyl (C=O) groups excluding carboxylic acids is 3. The maximum absolute atomic E-state index is 13.0. The molecular formula is C23H36N10O10. The van der Waals surface area contributed by atoms with Gasteiger partial charge in [-0.15, -0.1) is 0 Å². The third-order valence-electron chi connectivity index (χ3n) is 5.88. The van der Waals surface area contributed by atoms with Gasteiger partial charge in [0.05, 0.1) is 29.1 Å². The first-order valence-electron chi connectivity index (χ1n) is 13.0. The van der Waals surface area contributed by atoms with Gasteiger partial charge in [0.15, 0.2) is 5.96 Å².